The van der Waals surface area contributed by atoms with Crippen molar-refractivity contribution in [2.24, 2.45) is 5.92 Å². The van der Waals surface area contributed by atoms with E-state index in [1.807, 2.05) is 17.0 Å². The maximum Gasteiger partial charge on any atom is 0.322 e. The Morgan fingerprint density at radius 3 is 2.76 bits per heavy atom. The fourth-order valence-electron chi connectivity index (χ4n) is 4.34. The number of benzene rings is 1. The van der Waals surface area contributed by atoms with E-state index in [9.17, 15) is 9.59 Å². The van der Waals surface area contributed by atoms with Gasteiger partial charge in [-0.15, -0.1) is 0 Å². The Kier molecular flexibility index (Phi) is 6.39. The number of carbonyl (C=O) groups excluding carboxylic acids is 2. The van der Waals surface area contributed by atoms with Gasteiger partial charge in [0.25, 0.3) is 0 Å². The smallest absolute Gasteiger partial charge is 0.322 e. The summed E-state index contributed by atoms with van der Waals surface area (Å²) in [5, 5.41) is 5.96. The number of ether oxygens (including phenoxy) is 3. The zero-order valence-electron chi connectivity index (χ0n) is 16.7. The molecule has 29 heavy (non-hydrogen) atoms. The van der Waals surface area contributed by atoms with Gasteiger partial charge in [-0.3, -0.25) is 4.79 Å². The molecule has 4 rings (SSSR count). The Balaban J connectivity index is 1.52. The quantitative estimate of drug-likeness (QED) is 0.752. The van der Waals surface area contributed by atoms with Gasteiger partial charge in [0.1, 0.15) is 13.2 Å². The van der Waals surface area contributed by atoms with Crippen molar-refractivity contribution in [3.8, 4) is 11.5 Å². The predicted octanol–water partition coefficient (Wildman–Crippen LogP) is 2.39. The molecule has 158 valence electrons. The number of amides is 3. The topological polar surface area (TPSA) is 89.1 Å². The lowest BCUT2D eigenvalue weighted by Crippen LogP contribution is -2.52. The number of rotatable bonds is 1. The molecule has 2 aliphatic heterocycles. The van der Waals surface area contributed by atoms with Crippen LogP contribution in [0.3, 0.4) is 0 Å². The van der Waals surface area contributed by atoms with Gasteiger partial charge in [-0.25, -0.2) is 4.79 Å². The van der Waals surface area contributed by atoms with Gasteiger partial charge >= 0.3 is 6.03 Å². The van der Waals surface area contributed by atoms with E-state index in [1.165, 1.54) is 0 Å². The Labute approximate surface area is 170 Å². The normalized spacial score (nSPS) is 25.2. The van der Waals surface area contributed by atoms with E-state index in [-0.39, 0.29) is 23.9 Å². The fourth-order valence-corrected chi connectivity index (χ4v) is 4.34. The molecule has 0 bridgehead atoms. The van der Waals surface area contributed by atoms with Gasteiger partial charge in [0.2, 0.25) is 5.91 Å². The molecule has 1 saturated heterocycles. The number of urea groups is 1. The standard InChI is InChI=1S/C21H29N3O5/c25-20-16-4-1-2-5-17(16)24(9-3-10-27-11-8-22-20)21(26)23-15-6-7-18-19(14-15)29-13-12-28-18/h6-7,14,16-17H,1-5,8-13H2,(H,22,25)(H,23,26). The van der Waals surface area contributed by atoms with Crippen LogP contribution in [-0.4, -0.2) is 62.4 Å². The summed E-state index contributed by atoms with van der Waals surface area (Å²) >= 11 is 0. The highest BCUT2D eigenvalue weighted by Crippen LogP contribution is 2.33. The molecule has 2 unspecified atom stereocenters. The van der Waals surface area contributed by atoms with E-state index < -0.39 is 0 Å². The summed E-state index contributed by atoms with van der Waals surface area (Å²) in [6, 6.07) is 5.12. The summed E-state index contributed by atoms with van der Waals surface area (Å²) < 4.78 is 16.7. The van der Waals surface area contributed by atoms with Crippen molar-refractivity contribution in [3.05, 3.63) is 18.2 Å². The van der Waals surface area contributed by atoms with E-state index in [2.05, 4.69) is 10.6 Å². The largest absolute Gasteiger partial charge is 0.486 e. The van der Waals surface area contributed by atoms with Crippen molar-refractivity contribution in [2.75, 3.05) is 44.8 Å². The first kappa shape index (κ1) is 19.8. The minimum absolute atomic E-state index is 0.0253. The number of nitrogens with zero attached hydrogens (tertiary/aromatic N) is 1. The number of anilines is 1. The van der Waals surface area contributed by atoms with E-state index in [1.54, 1.807) is 6.07 Å². The lowest BCUT2D eigenvalue weighted by Gasteiger charge is -2.39. The van der Waals surface area contributed by atoms with Gasteiger partial charge in [0.05, 0.1) is 12.5 Å². The van der Waals surface area contributed by atoms with Crippen molar-refractivity contribution in [3.63, 3.8) is 0 Å². The van der Waals surface area contributed by atoms with Gasteiger partial charge in [0.15, 0.2) is 11.5 Å². The lowest BCUT2D eigenvalue weighted by molar-refractivity contribution is -0.128. The number of hydrogen-bond donors (Lipinski definition) is 2. The summed E-state index contributed by atoms with van der Waals surface area (Å²) in [5.41, 5.74) is 0.654. The molecule has 1 aliphatic carbocycles. The highest BCUT2D eigenvalue weighted by Gasteiger charge is 2.37. The van der Waals surface area contributed by atoms with Crippen LogP contribution in [0, 0.1) is 5.92 Å². The number of carbonyl (C=O) groups is 2. The van der Waals surface area contributed by atoms with Gasteiger partial charge in [-0.2, -0.15) is 0 Å². The minimum atomic E-state index is -0.189. The molecular formula is C21H29N3O5. The van der Waals surface area contributed by atoms with Crippen LogP contribution in [0.1, 0.15) is 32.1 Å². The molecule has 2 N–H and O–H groups in total. The van der Waals surface area contributed by atoms with Gasteiger partial charge < -0.3 is 29.7 Å². The van der Waals surface area contributed by atoms with E-state index in [4.69, 9.17) is 14.2 Å². The third-order valence-electron chi connectivity index (χ3n) is 5.75. The van der Waals surface area contributed by atoms with Crippen LogP contribution >= 0.6 is 0 Å². The molecule has 2 heterocycles. The highest BCUT2D eigenvalue weighted by atomic mass is 16.6. The molecule has 8 heteroatoms. The van der Waals surface area contributed by atoms with Gasteiger partial charge in [-0.1, -0.05) is 12.8 Å². The van der Waals surface area contributed by atoms with Crippen LogP contribution in [-0.2, 0) is 9.53 Å². The fraction of sp³-hybridized carbons (Fsp3) is 0.619. The van der Waals surface area contributed by atoms with Crippen LogP contribution in [0.25, 0.3) is 0 Å². The van der Waals surface area contributed by atoms with Crippen LogP contribution < -0.4 is 20.1 Å². The van der Waals surface area contributed by atoms with Crippen molar-refractivity contribution in [2.45, 2.75) is 38.1 Å². The van der Waals surface area contributed by atoms with Crippen molar-refractivity contribution < 1.29 is 23.8 Å². The third-order valence-corrected chi connectivity index (χ3v) is 5.75. The summed E-state index contributed by atoms with van der Waals surface area (Å²) in [4.78, 5) is 27.8. The monoisotopic (exact) mass is 403 g/mol. The van der Waals surface area contributed by atoms with Crippen molar-refractivity contribution >= 4 is 17.6 Å². The molecule has 2 fully saturated rings. The first-order chi connectivity index (χ1) is 14.2. The maximum absolute atomic E-state index is 13.2. The van der Waals surface area contributed by atoms with Crippen LogP contribution in [0.4, 0.5) is 10.5 Å². The molecular weight excluding hydrogens is 374 g/mol. The zero-order valence-corrected chi connectivity index (χ0v) is 16.7. The van der Waals surface area contributed by atoms with Crippen LogP contribution in [0.2, 0.25) is 0 Å². The van der Waals surface area contributed by atoms with Gasteiger partial charge in [-0.05, 0) is 31.4 Å². The van der Waals surface area contributed by atoms with Crippen LogP contribution in [0.15, 0.2) is 18.2 Å². The SMILES string of the molecule is O=C1NCCOCCCN(C(=O)Nc2ccc3c(c2)OCCO3)C2CCCCC12. The lowest BCUT2D eigenvalue weighted by atomic mass is 9.82. The Bertz CT molecular complexity index is 741. The molecule has 3 amide bonds. The molecule has 1 aromatic rings. The summed E-state index contributed by atoms with van der Waals surface area (Å²) in [5.74, 6) is 1.17. The average Bonchev–Trinajstić information content (AvgIpc) is 2.78. The third kappa shape index (κ3) is 4.75. The Morgan fingerprint density at radius 2 is 1.86 bits per heavy atom. The van der Waals surface area contributed by atoms with E-state index >= 15 is 0 Å². The van der Waals surface area contributed by atoms with Crippen LogP contribution in [0.5, 0.6) is 11.5 Å². The molecule has 3 aliphatic rings. The van der Waals surface area contributed by atoms with Gasteiger partial charge in [0, 0.05) is 37.5 Å². The summed E-state index contributed by atoms with van der Waals surface area (Å²) in [6.45, 7) is 3.18. The van der Waals surface area contributed by atoms with Crippen molar-refractivity contribution in [1.29, 1.82) is 0 Å². The second-order valence-electron chi connectivity index (χ2n) is 7.70. The van der Waals surface area contributed by atoms with E-state index in [0.29, 0.717) is 56.7 Å². The molecule has 1 saturated carbocycles. The molecule has 8 nitrogen and oxygen atoms in total. The molecule has 0 spiro atoms. The molecule has 0 radical (unpaired) electrons. The Hall–Kier alpha value is -2.48. The zero-order chi connectivity index (χ0) is 20.1. The maximum atomic E-state index is 13.2. The number of fused-ring (bicyclic) bond motifs is 2. The van der Waals surface area contributed by atoms with E-state index in [0.717, 1.165) is 32.1 Å². The molecule has 2 atom stereocenters. The van der Waals surface area contributed by atoms with Crippen molar-refractivity contribution in [1.82, 2.24) is 10.2 Å². The highest BCUT2D eigenvalue weighted by molar-refractivity contribution is 5.90. The first-order valence-corrected chi connectivity index (χ1v) is 10.5. The number of hydrogen-bond acceptors (Lipinski definition) is 5. The average molecular weight is 403 g/mol. The first-order valence-electron chi connectivity index (χ1n) is 10.5. The summed E-state index contributed by atoms with van der Waals surface area (Å²) in [7, 11) is 0. The predicted molar refractivity (Wildman–Crippen MR) is 107 cm³/mol. The summed E-state index contributed by atoms with van der Waals surface area (Å²) in [6.07, 6.45) is 4.44. The second-order valence-corrected chi connectivity index (χ2v) is 7.70. The Morgan fingerprint density at radius 1 is 1.03 bits per heavy atom. The minimum Gasteiger partial charge on any atom is -0.486 e. The number of nitrogens with one attached hydrogen (secondary N) is 2. The molecule has 1 aromatic carbocycles. The second kappa shape index (κ2) is 9.35. The molecule has 0 aromatic heterocycles.